The molecule has 32 heavy (non-hydrogen) atoms. The molecular weight excluding hydrogens is 396 g/mol. The van der Waals surface area contributed by atoms with Gasteiger partial charge in [0.15, 0.2) is 0 Å². The van der Waals surface area contributed by atoms with E-state index in [0.717, 1.165) is 18.1 Å². The Morgan fingerprint density at radius 1 is 0.844 bits per heavy atom. The highest BCUT2D eigenvalue weighted by atomic mass is 16.5. The largest absolute Gasteiger partial charge is 0.497 e. The topological polar surface area (TPSA) is 35.5 Å². The molecule has 170 valence electrons. The molecule has 3 aromatic rings. The van der Waals surface area contributed by atoms with E-state index in [-0.39, 0.29) is 11.9 Å². The van der Waals surface area contributed by atoms with Crippen LogP contribution >= 0.6 is 0 Å². The van der Waals surface area contributed by atoms with Crippen LogP contribution in [0.2, 0.25) is 0 Å². The zero-order chi connectivity index (χ0) is 23.5. The summed E-state index contributed by atoms with van der Waals surface area (Å²) in [7, 11) is 1.69. The second-order valence-corrected chi connectivity index (χ2v) is 7.98. The molecule has 0 fully saturated rings. The minimum Gasteiger partial charge on any atom is -0.497 e. The third-order valence-corrected chi connectivity index (χ3v) is 5.22. The van der Waals surface area contributed by atoms with Crippen molar-refractivity contribution in [1.29, 1.82) is 0 Å². The highest BCUT2D eigenvalue weighted by Crippen LogP contribution is 2.44. The molecule has 0 radical (unpaired) electrons. The van der Waals surface area contributed by atoms with E-state index < -0.39 is 0 Å². The number of benzene rings is 3. The number of ether oxygens (including phenoxy) is 2. The monoisotopic (exact) mass is 432 g/mol. The van der Waals surface area contributed by atoms with Gasteiger partial charge in [-0.15, -0.1) is 0 Å². The molecule has 0 saturated carbocycles. The highest BCUT2D eigenvalue weighted by molar-refractivity contribution is 5.79. The molecule has 0 bridgehead atoms. The summed E-state index contributed by atoms with van der Waals surface area (Å²) in [5.74, 6) is 1.60. The van der Waals surface area contributed by atoms with Gasteiger partial charge in [-0.25, -0.2) is 0 Å². The fraction of sp³-hybridized carbons (Fsp3) is 0.345. The molecule has 0 atom stereocenters. The molecule has 4 rings (SSSR count). The molecule has 0 N–H and O–H groups in total. The Labute approximate surface area is 193 Å². The molecule has 0 aromatic heterocycles. The molecule has 0 heterocycles. The first-order valence-corrected chi connectivity index (χ1v) is 11.4. The lowest BCUT2D eigenvalue weighted by Gasteiger charge is -2.12. The van der Waals surface area contributed by atoms with Gasteiger partial charge in [0.25, 0.3) is 0 Å². The lowest BCUT2D eigenvalue weighted by molar-refractivity contribution is -0.141. The molecule has 0 amide bonds. The van der Waals surface area contributed by atoms with E-state index in [1.54, 1.807) is 7.11 Å². The minimum atomic E-state index is -0.225. The van der Waals surface area contributed by atoms with Gasteiger partial charge in [-0.1, -0.05) is 88.4 Å². The van der Waals surface area contributed by atoms with Gasteiger partial charge in [0.1, 0.15) is 12.4 Å². The normalized spacial score (nSPS) is 11.3. The molecule has 1 aliphatic carbocycles. The van der Waals surface area contributed by atoms with Crippen LogP contribution in [0.25, 0.3) is 11.1 Å². The van der Waals surface area contributed by atoms with Gasteiger partial charge in [-0.3, -0.25) is 4.79 Å². The van der Waals surface area contributed by atoms with Crippen molar-refractivity contribution in [3.63, 3.8) is 0 Å². The van der Waals surface area contributed by atoms with Crippen LogP contribution in [0, 0.1) is 5.92 Å². The maximum absolute atomic E-state index is 11.0. The van der Waals surface area contributed by atoms with Gasteiger partial charge in [0, 0.05) is 12.8 Å². The third kappa shape index (κ3) is 6.71. The van der Waals surface area contributed by atoms with Crippen LogP contribution in [0.4, 0.5) is 0 Å². The molecule has 3 nitrogen and oxygen atoms in total. The molecule has 0 unspecified atom stereocenters. The van der Waals surface area contributed by atoms with Gasteiger partial charge in [0.2, 0.25) is 0 Å². The summed E-state index contributed by atoms with van der Waals surface area (Å²) in [4.78, 5) is 11.0. The first-order valence-electron chi connectivity index (χ1n) is 11.4. The van der Waals surface area contributed by atoms with E-state index in [1.165, 1.54) is 34.7 Å². The average Bonchev–Trinajstić information content (AvgIpc) is 3.13. The van der Waals surface area contributed by atoms with E-state index in [2.05, 4.69) is 50.2 Å². The maximum atomic E-state index is 11.0. The number of rotatable bonds is 5. The van der Waals surface area contributed by atoms with Gasteiger partial charge in [-0.05, 0) is 52.3 Å². The second-order valence-electron chi connectivity index (χ2n) is 7.98. The lowest BCUT2D eigenvalue weighted by Crippen LogP contribution is -2.09. The number of methoxy groups -OCH3 is 1. The Bertz CT molecular complexity index is 928. The predicted molar refractivity (Wildman–Crippen MR) is 133 cm³/mol. The van der Waals surface area contributed by atoms with E-state index in [9.17, 15) is 4.79 Å². The standard InChI is InChI=1S/C16H14O2.C11H16O.C2H6/c1-11(17)18-10-16-14-8-4-2-6-12(14)13-7-3-5-9-15(13)16;1-9(2)8-10-4-6-11(12-3)7-5-10;1-2/h2-9,16H,10H2,1H3;4-7,9H,8H2,1-3H3;1-2H3. The van der Waals surface area contributed by atoms with E-state index in [0.29, 0.717) is 6.61 Å². The van der Waals surface area contributed by atoms with Crippen LogP contribution in [0.1, 0.15) is 57.2 Å². The number of carbonyl (C=O) groups is 1. The van der Waals surface area contributed by atoms with Gasteiger partial charge >= 0.3 is 5.97 Å². The molecule has 3 heteroatoms. The predicted octanol–water partition coefficient (Wildman–Crippen LogP) is 7.28. The van der Waals surface area contributed by atoms with Crippen molar-refractivity contribution in [1.82, 2.24) is 0 Å². The SMILES string of the molecule is CC.CC(=O)OCC1c2ccccc2-c2ccccc21.COc1ccc(CC(C)C)cc1. The molecule has 0 spiro atoms. The number of fused-ring (bicyclic) bond motifs is 3. The average molecular weight is 433 g/mol. The van der Waals surface area contributed by atoms with Crippen molar-refractivity contribution >= 4 is 5.97 Å². The van der Waals surface area contributed by atoms with Crippen molar-refractivity contribution in [2.75, 3.05) is 13.7 Å². The van der Waals surface area contributed by atoms with E-state index in [4.69, 9.17) is 9.47 Å². The molecule has 3 aromatic carbocycles. The lowest BCUT2D eigenvalue weighted by atomic mass is 9.98. The Balaban J connectivity index is 0.000000227. The van der Waals surface area contributed by atoms with Gasteiger partial charge < -0.3 is 9.47 Å². The zero-order valence-electron chi connectivity index (χ0n) is 20.2. The summed E-state index contributed by atoms with van der Waals surface area (Å²) in [5, 5.41) is 0. The summed E-state index contributed by atoms with van der Waals surface area (Å²) in [5.41, 5.74) is 6.39. The summed E-state index contributed by atoms with van der Waals surface area (Å²) in [6.45, 7) is 10.3. The highest BCUT2D eigenvalue weighted by Gasteiger charge is 2.28. The Morgan fingerprint density at radius 3 is 1.78 bits per heavy atom. The fourth-order valence-corrected chi connectivity index (χ4v) is 3.87. The number of carbonyl (C=O) groups excluding carboxylic acids is 1. The van der Waals surface area contributed by atoms with Crippen LogP contribution in [-0.4, -0.2) is 19.7 Å². The third-order valence-electron chi connectivity index (χ3n) is 5.22. The quantitative estimate of drug-likeness (QED) is 0.397. The van der Waals surface area contributed by atoms with E-state index in [1.807, 2.05) is 50.2 Å². The van der Waals surface area contributed by atoms with Gasteiger partial charge in [-0.2, -0.15) is 0 Å². The number of hydrogen-bond donors (Lipinski definition) is 0. The van der Waals surface area contributed by atoms with Crippen molar-refractivity contribution in [3.05, 3.63) is 89.5 Å². The minimum absolute atomic E-state index is 0.168. The first kappa shape index (κ1) is 25.2. The van der Waals surface area contributed by atoms with Crippen molar-refractivity contribution in [3.8, 4) is 16.9 Å². The van der Waals surface area contributed by atoms with Crippen LogP contribution in [0.15, 0.2) is 72.8 Å². The zero-order valence-corrected chi connectivity index (χ0v) is 20.2. The van der Waals surface area contributed by atoms with E-state index >= 15 is 0 Å². The Hall–Kier alpha value is -3.07. The molecule has 1 aliphatic rings. The fourth-order valence-electron chi connectivity index (χ4n) is 3.87. The first-order chi connectivity index (χ1) is 15.5. The Morgan fingerprint density at radius 2 is 1.34 bits per heavy atom. The van der Waals surface area contributed by atoms with Crippen molar-refractivity contribution in [2.45, 2.75) is 47.0 Å². The number of esters is 1. The summed E-state index contributed by atoms with van der Waals surface area (Å²) < 4.78 is 10.3. The summed E-state index contributed by atoms with van der Waals surface area (Å²) in [6, 6.07) is 24.9. The Kier molecular flexibility index (Phi) is 10.0. The maximum Gasteiger partial charge on any atom is 0.302 e. The summed E-state index contributed by atoms with van der Waals surface area (Å²) in [6.07, 6.45) is 1.14. The number of hydrogen-bond acceptors (Lipinski definition) is 3. The summed E-state index contributed by atoms with van der Waals surface area (Å²) >= 11 is 0. The molecular formula is C29H36O3. The molecule has 0 saturated heterocycles. The smallest absolute Gasteiger partial charge is 0.302 e. The van der Waals surface area contributed by atoms with Crippen molar-refractivity contribution < 1.29 is 14.3 Å². The van der Waals surface area contributed by atoms with Crippen LogP contribution in [-0.2, 0) is 16.0 Å². The second kappa shape index (κ2) is 12.7. The van der Waals surface area contributed by atoms with Crippen LogP contribution in [0.3, 0.4) is 0 Å². The van der Waals surface area contributed by atoms with Crippen molar-refractivity contribution in [2.24, 2.45) is 5.92 Å². The van der Waals surface area contributed by atoms with Crippen LogP contribution < -0.4 is 4.74 Å². The molecule has 0 aliphatic heterocycles. The van der Waals surface area contributed by atoms with Gasteiger partial charge in [0.05, 0.1) is 7.11 Å². The van der Waals surface area contributed by atoms with Crippen LogP contribution in [0.5, 0.6) is 5.75 Å².